The maximum absolute atomic E-state index is 10.8. The minimum Gasteiger partial charge on any atom is -0.434 e. The van der Waals surface area contributed by atoms with E-state index in [0.29, 0.717) is 13.0 Å². The molecule has 90 valence electrons. The number of carbonyl (C=O) groups excluding carboxylic acids is 1. The fraction of sp³-hybridized carbons (Fsp3) is 0.889. The highest BCUT2D eigenvalue weighted by Gasteiger charge is 2.05. The van der Waals surface area contributed by atoms with Gasteiger partial charge in [-0.25, -0.2) is 13.2 Å². The Morgan fingerprint density at radius 1 is 1.13 bits per heavy atom. The lowest BCUT2D eigenvalue weighted by Crippen LogP contribution is -2.12. The third-order valence-electron chi connectivity index (χ3n) is 1.60. The van der Waals surface area contributed by atoms with E-state index in [9.17, 15) is 13.2 Å². The molecule has 15 heavy (non-hydrogen) atoms. The molecule has 0 amide bonds. The molecule has 0 saturated carbocycles. The van der Waals surface area contributed by atoms with Crippen molar-refractivity contribution in [3.63, 3.8) is 0 Å². The molecule has 0 atom stereocenters. The summed E-state index contributed by atoms with van der Waals surface area (Å²) in [6, 6.07) is 0. The topological polar surface area (TPSA) is 69.7 Å². The van der Waals surface area contributed by atoms with Crippen molar-refractivity contribution in [2.24, 2.45) is 0 Å². The Balaban J connectivity index is 3.39. The van der Waals surface area contributed by atoms with E-state index in [1.165, 1.54) is 0 Å². The normalized spacial score (nSPS) is 11.1. The van der Waals surface area contributed by atoms with Gasteiger partial charge in [-0.1, -0.05) is 13.3 Å². The van der Waals surface area contributed by atoms with E-state index >= 15 is 0 Å². The minimum atomic E-state index is -2.98. The van der Waals surface area contributed by atoms with Crippen molar-refractivity contribution in [3.05, 3.63) is 0 Å². The summed E-state index contributed by atoms with van der Waals surface area (Å²) in [5, 5.41) is 0. The van der Waals surface area contributed by atoms with Crippen LogP contribution in [0.3, 0.4) is 0 Å². The molecule has 0 bridgehead atoms. The fourth-order valence-electron chi connectivity index (χ4n) is 0.818. The molecule has 0 fully saturated rings. The van der Waals surface area contributed by atoms with E-state index in [0.717, 1.165) is 19.1 Å². The van der Waals surface area contributed by atoms with Gasteiger partial charge in [0, 0.05) is 6.26 Å². The third kappa shape index (κ3) is 11.1. The van der Waals surface area contributed by atoms with Gasteiger partial charge >= 0.3 is 6.16 Å². The number of ether oxygens (including phenoxy) is 2. The van der Waals surface area contributed by atoms with Gasteiger partial charge in [0.15, 0.2) is 0 Å². The Bertz CT molecular complexity index is 270. The summed E-state index contributed by atoms with van der Waals surface area (Å²) in [5.74, 6) is 0.0231. The van der Waals surface area contributed by atoms with E-state index in [1.54, 1.807) is 0 Å². The zero-order chi connectivity index (χ0) is 11.7. The molecule has 0 unspecified atom stereocenters. The number of sulfone groups is 1. The lowest BCUT2D eigenvalue weighted by atomic mass is 10.4. The summed E-state index contributed by atoms with van der Waals surface area (Å²) in [6.45, 7) is 2.42. The van der Waals surface area contributed by atoms with Crippen LogP contribution < -0.4 is 0 Å². The van der Waals surface area contributed by atoms with Gasteiger partial charge in [0.25, 0.3) is 0 Å². The quantitative estimate of drug-likeness (QED) is 0.495. The van der Waals surface area contributed by atoms with Gasteiger partial charge in [0.05, 0.1) is 19.0 Å². The molecule has 0 aliphatic heterocycles. The zero-order valence-electron chi connectivity index (χ0n) is 9.19. The molecule has 5 nitrogen and oxygen atoms in total. The van der Waals surface area contributed by atoms with Crippen LogP contribution in [0.2, 0.25) is 0 Å². The van der Waals surface area contributed by atoms with Crippen molar-refractivity contribution >= 4 is 16.0 Å². The van der Waals surface area contributed by atoms with Gasteiger partial charge < -0.3 is 9.47 Å². The summed E-state index contributed by atoms with van der Waals surface area (Å²) < 4.78 is 30.8. The van der Waals surface area contributed by atoms with Crippen LogP contribution in [0.15, 0.2) is 0 Å². The van der Waals surface area contributed by atoms with E-state index in [2.05, 4.69) is 4.74 Å². The SMILES string of the molecule is CCCCOC(=O)OCCCS(C)(=O)=O. The maximum atomic E-state index is 10.8. The van der Waals surface area contributed by atoms with Gasteiger partial charge in [-0.15, -0.1) is 0 Å². The summed E-state index contributed by atoms with van der Waals surface area (Å²) >= 11 is 0. The largest absolute Gasteiger partial charge is 0.508 e. The van der Waals surface area contributed by atoms with E-state index in [1.807, 2.05) is 6.92 Å². The van der Waals surface area contributed by atoms with Crippen LogP contribution in [0.1, 0.15) is 26.2 Å². The monoisotopic (exact) mass is 238 g/mol. The van der Waals surface area contributed by atoms with Gasteiger partial charge in [0.2, 0.25) is 0 Å². The molecule has 0 heterocycles. The van der Waals surface area contributed by atoms with Crippen LogP contribution in [0.4, 0.5) is 4.79 Å². The molecule has 0 aliphatic carbocycles. The van der Waals surface area contributed by atoms with Gasteiger partial charge in [0.1, 0.15) is 9.84 Å². The average molecular weight is 238 g/mol. The summed E-state index contributed by atoms with van der Waals surface area (Å²) in [7, 11) is -2.98. The summed E-state index contributed by atoms with van der Waals surface area (Å²) in [6.07, 6.45) is 2.48. The van der Waals surface area contributed by atoms with E-state index < -0.39 is 16.0 Å². The Labute approximate surface area is 90.7 Å². The van der Waals surface area contributed by atoms with Crippen molar-refractivity contribution in [1.29, 1.82) is 0 Å². The molecule has 0 spiro atoms. The number of unbranched alkanes of at least 4 members (excludes halogenated alkanes) is 1. The molecule has 6 heteroatoms. The lowest BCUT2D eigenvalue weighted by molar-refractivity contribution is 0.0546. The van der Waals surface area contributed by atoms with Crippen LogP contribution in [0, 0.1) is 0 Å². The first-order valence-electron chi connectivity index (χ1n) is 4.93. The molecule has 0 saturated heterocycles. The maximum Gasteiger partial charge on any atom is 0.508 e. The fourth-order valence-corrected chi connectivity index (χ4v) is 1.46. The number of rotatable bonds is 7. The van der Waals surface area contributed by atoms with Gasteiger partial charge in [-0.2, -0.15) is 0 Å². The highest BCUT2D eigenvalue weighted by atomic mass is 32.2. The Hall–Kier alpha value is -0.780. The number of carbonyl (C=O) groups is 1. The summed E-state index contributed by atoms with van der Waals surface area (Å²) in [5.41, 5.74) is 0. The van der Waals surface area contributed by atoms with Crippen molar-refractivity contribution in [3.8, 4) is 0 Å². The molecule has 0 radical (unpaired) electrons. The molecule has 0 aromatic rings. The van der Waals surface area contributed by atoms with Crippen LogP contribution in [-0.2, 0) is 19.3 Å². The van der Waals surface area contributed by atoms with Crippen molar-refractivity contribution in [2.75, 3.05) is 25.2 Å². The smallest absolute Gasteiger partial charge is 0.434 e. The van der Waals surface area contributed by atoms with Crippen LogP contribution in [-0.4, -0.2) is 39.8 Å². The Kier molecular flexibility index (Phi) is 7.11. The van der Waals surface area contributed by atoms with Crippen molar-refractivity contribution in [1.82, 2.24) is 0 Å². The lowest BCUT2D eigenvalue weighted by Gasteiger charge is -2.04. The van der Waals surface area contributed by atoms with Crippen LogP contribution >= 0.6 is 0 Å². The molecule has 0 rings (SSSR count). The predicted molar refractivity (Wildman–Crippen MR) is 56.5 cm³/mol. The second-order valence-electron chi connectivity index (χ2n) is 3.28. The van der Waals surface area contributed by atoms with Gasteiger partial charge in [-0.05, 0) is 12.8 Å². The molecule has 0 aliphatic rings. The molecule has 0 aromatic heterocycles. The Morgan fingerprint density at radius 2 is 1.67 bits per heavy atom. The summed E-state index contributed by atoms with van der Waals surface area (Å²) in [4.78, 5) is 10.8. The number of hydrogen-bond acceptors (Lipinski definition) is 5. The minimum absolute atomic E-state index is 0.0231. The standard InChI is InChI=1S/C9H18O5S/c1-3-4-6-13-9(10)14-7-5-8-15(2,11)12/h3-8H2,1-2H3. The second kappa shape index (κ2) is 7.50. The molecule has 0 N–H and O–H groups in total. The predicted octanol–water partition coefficient (Wildman–Crippen LogP) is 1.37. The molecular weight excluding hydrogens is 220 g/mol. The molecule has 0 aromatic carbocycles. The molecular formula is C9H18O5S. The first-order chi connectivity index (χ1) is 6.95. The van der Waals surface area contributed by atoms with E-state index in [-0.39, 0.29) is 12.4 Å². The highest BCUT2D eigenvalue weighted by Crippen LogP contribution is 1.94. The van der Waals surface area contributed by atoms with E-state index in [4.69, 9.17) is 4.74 Å². The average Bonchev–Trinajstić information content (AvgIpc) is 2.11. The Morgan fingerprint density at radius 3 is 2.13 bits per heavy atom. The first-order valence-corrected chi connectivity index (χ1v) is 6.99. The number of hydrogen-bond donors (Lipinski definition) is 0. The second-order valence-corrected chi connectivity index (χ2v) is 5.54. The van der Waals surface area contributed by atoms with Crippen molar-refractivity contribution < 1.29 is 22.7 Å². The zero-order valence-corrected chi connectivity index (χ0v) is 10.0. The van der Waals surface area contributed by atoms with Crippen LogP contribution in [0.25, 0.3) is 0 Å². The van der Waals surface area contributed by atoms with Gasteiger partial charge in [-0.3, -0.25) is 0 Å². The third-order valence-corrected chi connectivity index (χ3v) is 2.63. The highest BCUT2D eigenvalue weighted by molar-refractivity contribution is 7.90. The first kappa shape index (κ1) is 14.2. The van der Waals surface area contributed by atoms with Crippen LogP contribution in [0.5, 0.6) is 0 Å². The van der Waals surface area contributed by atoms with Crippen molar-refractivity contribution in [2.45, 2.75) is 26.2 Å².